The molecule has 2 heterocycles. The van der Waals surface area contributed by atoms with Crippen molar-refractivity contribution >= 4 is 34.3 Å². The van der Waals surface area contributed by atoms with E-state index >= 15 is 0 Å². The molecule has 1 aliphatic heterocycles. The predicted molar refractivity (Wildman–Crippen MR) is 143 cm³/mol. The van der Waals surface area contributed by atoms with Crippen molar-refractivity contribution in [2.45, 2.75) is 6.54 Å². The van der Waals surface area contributed by atoms with Gasteiger partial charge in [0.2, 0.25) is 0 Å². The van der Waals surface area contributed by atoms with E-state index < -0.39 is 4.92 Å². The van der Waals surface area contributed by atoms with Crippen molar-refractivity contribution in [2.24, 2.45) is 0 Å². The van der Waals surface area contributed by atoms with Gasteiger partial charge < -0.3 is 14.4 Å². The Labute approximate surface area is 214 Å². The highest BCUT2D eigenvalue weighted by Crippen LogP contribution is 2.26. The predicted octanol–water partition coefficient (Wildman–Crippen LogP) is 4.85. The second-order valence-corrected chi connectivity index (χ2v) is 8.94. The van der Waals surface area contributed by atoms with Gasteiger partial charge in [0.15, 0.2) is 0 Å². The standard InChI is InChI=1S/C29H25N5O3/c30-19-23(29(35)32-16-14-31(15-17-32)25-6-2-1-3-7-25)18-24-21-33(28-9-5-4-8-27(24)28)20-22-10-12-26(13-11-22)34(36)37/h1-13,18,21H,14-17,20H2/b23-18-. The van der Waals surface area contributed by atoms with Crippen LogP contribution in [0.4, 0.5) is 11.4 Å². The summed E-state index contributed by atoms with van der Waals surface area (Å²) in [5.74, 6) is -0.262. The van der Waals surface area contributed by atoms with Crippen LogP contribution in [0.5, 0.6) is 0 Å². The molecule has 0 radical (unpaired) electrons. The van der Waals surface area contributed by atoms with Gasteiger partial charge in [-0.25, -0.2) is 0 Å². The number of carbonyl (C=O) groups is 1. The molecule has 1 aromatic heterocycles. The highest BCUT2D eigenvalue weighted by atomic mass is 16.6. The molecule has 0 saturated carbocycles. The Morgan fingerprint density at radius 1 is 0.946 bits per heavy atom. The fraction of sp³-hybridized carbons (Fsp3) is 0.172. The molecule has 0 aliphatic carbocycles. The van der Waals surface area contributed by atoms with Crippen LogP contribution in [0, 0.1) is 21.4 Å². The number of non-ortho nitro benzene ring substituents is 1. The van der Waals surface area contributed by atoms with E-state index in [4.69, 9.17) is 0 Å². The van der Waals surface area contributed by atoms with Crippen LogP contribution in [0.3, 0.4) is 0 Å². The maximum Gasteiger partial charge on any atom is 0.269 e. The summed E-state index contributed by atoms with van der Waals surface area (Å²) in [7, 11) is 0. The molecule has 8 heteroatoms. The number of fused-ring (bicyclic) bond motifs is 1. The summed E-state index contributed by atoms with van der Waals surface area (Å²) in [5.41, 5.74) is 3.93. The van der Waals surface area contributed by atoms with Gasteiger partial charge in [-0.1, -0.05) is 48.5 Å². The van der Waals surface area contributed by atoms with E-state index in [1.165, 1.54) is 12.1 Å². The summed E-state index contributed by atoms with van der Waals surface area (Å²) in [6, 6.07) is 26.5. The first-order chi connectivity index (χ1) is 18.0. The number of anilines is 1. The van der Waals surface area contributed by atoms with Gasteiger partial charge in [0, 0.05) is 73.2 Å². The average molecular weight is 492 g/mol. The van der Waals surface area contributed by atoms with Gasteiger partial charge >= 0.3 is 0 Å². The minimum absolute atomic E-state index is 0.0477. The van der Waals surface area contributed by atoms with Crippen molar-refractivity contribution in [1.29, 1.82) is 5.26 Å². The number of rotatable bonds is 6. The maximum atomic E-state index is 13.3. The molecule has 0 bridgehead atoms. The van der Waals surface area contributed by atoms with Crippen LogP contribution in [0.1, 0.15) is 11.1 Å². The summed E-state index contributed by atoms with van der Waals surface area (Å²) in [6.07, 6.45) is 3.59. The summed E-state index contributed by atoms with van der Waals surface area (Å²) in [4.78, 5) is 27.8. The van der Waals surface area contributed by atoms with Crippen molar-refractivity contribution in [3.05, 3.63) is 112 Å². The molecule has 3 aromatic carbocycles. The number of hydrogen-bond donors (Lipinski definition) is 0. The molecule has 0 atom stereocenters. The number of nitro benzene ring substituents is 1. The number of hydrogen-bond acceptors (Lipinski definition) is 5. The number of nitriles is 1. The van der Waals surface area contributed by atoms with Crippen LogP contribution in [0.25, 0.3) is 17.0 Å². The molecule has 1 saturated heterocycles. The number of nitrogens with zero attached hydrogens (tertiary/aromatic N) is 5. The van der Waals surface area contributed by atoms with E-state index in [0.29, 0.717) is 32.7 Å². The number of amides is 1. The lowest BCUT2D eigenvalue weighted by Crippen LogP contribution is -2.49. The first-order valence-electron chi connectivity index (χ1n) is 12.1. The first kappa shape index (κ1) is 23.8. The van der Waals surface area contributed by atoms with Crippen LogP contribution in [-0.2, 0) is 11.3 Å². The summed E-state index contributed by atoms with van der Waals surface area (Å²) < 4.78 is 2.03. The third-order valence-corrected chi connectivity index (χ3v) is 6.66. The van der Waals surface area contributed by atoms with Gasteiger partial charge in [0.25, 0.3) is 11.6 Å². The van der Waals surface area contributed by atoms with Crippen molar-refractivity contribution < 1.29 is 9.72 Å². The number of benzene rings is 3. The molecule has 5 rings (SSSR count). The molecule has 37 heavy (non-hydrogen) atoms. The Kier molecular flexibility index (Phi) is 6.68. The number of para-hydroxylation sites is 2. The zero-order valence-corrected chi connectivity index (χ0v) is 20.2. The van der Waals surface area contributed by atoms with Gasteiger partial charge in [-0.2, -0.15) is 5.26 Å². The topological polar surface area (TPSA) is 95.4 Å². The Balaban J connectivity index is 1.37. The number of carbonyl (C=O) groups excluding carboxylic acids is 1. The Bertz CT molecular complexity index is 1510. The van der Waals surface area contributed by atoms with Gasteiger partial charge in [-0.15, -0.1) is 0 Å². The smallest absolute Gasteiger partial charge is 0.269 e. The SMILES string of the molecule is N#C/C(=C/c1cn(Cc2ccc([N+](=O)[O-])cc2)c2ccccc12)C(=O)N1CCN(c2ccccc2)CC1. The number of nitro groups is 1. The zero-order chi connectivity index (χ0) is 25.8. The van der Waals surface area contributed by atoms with Crippen LogP contribution < -0.4 is 4.90 Å². The van der Waals surface area contributed by atoms with Gasteiger partial charge in [0.1, 0.15) is 11.6 Å². The second-order valence-electron chi connectivity index (χ2n) is 8.94. The molecule has 8 nitrogen and oxygen atoms in total. The van der Waals surface area contributed by atoms with Crippen LogP contribution in [0.2, 0.25) is 0 Å². The lowest BCUT2D eigenvalue weighted by molar-refractivity contribution is -0.384. The molecule has 0 unspecified atom stereocenters. The van der Waals surface area contributed by atoms with Crippen LogP contribution in [0.15, 0.2) is 90.6 Å². The van der Waals surface area contributed by atoms with E-state index in [2.05, 4.69) is 23.1 Å². The lowest BCUT2D eigenvalue weighted by Gasteiger charge is -2.36. The molecule has 1 aliphatic rings. The fourth-order valence-electron chi connectivity index (χ4n) is 4.72. The van der Waals surface area contributed by atoms with Crippen molar-refractivity contribution in [3.8, 4) is 6.07 Å². The van der Waals surface area contributed by atoms with E-state index in [1.54, 1.807) is 23.1 Å². The highest BCUT2D eigenvalue weighted by molar-refractivity contribution is 6.04. The maximum absolute atomic E-state index is 13.3. The highest BCUT2D eigenvalue weighted by Gasteiger charge is 2.24. The van der Waals surface area contributed by atoms with Crippen LogP contribution >= 0.6 is 0 Å². The molecular weight excluding hydrogens is 466 g/mol. The van der Waals surface area contributed by atoms with Crippen LogP contribution in [-0.4, -0.2) is 46.5 Å². The molecule has 4 aromatic rings. The molecule has 184 valence electrons. The molecular formula is C29H25N5O3. The molecule has 1 amide bonds. The van der Waals surface area contributed by atoms with Crippen molar-refractivity contribution in [2.75, 3.05) is 31.1 Å². The minimum Gasteiger partial charge on any atom is -0.368 e. The van der Waals surface area contributed by atoms with Gasteiger partial charge in [-0.3, -0.25) is 14.9 Å². The average Bonchev–Trinajstić information content (AvgIpc) is 3.29. The van der Waals surface area contributed by atoms with E-state index in [0.717, 1.165) is 27.7 Å². The van der Waals surface area contributed by atoms with E-state index in [-0.39, 0.29) is 17.2 Å². The molecule has 1 fully saturated rings. The number of aromatic nitrogens is 1. The van der Waals surface area contributed by atoms with Gasteiger partial charge in [-0.05, 0) is 29.8 Å². The lowest BCUT2D eigenvalue weighted by atomic mass is 10.1. The molecule has 0 spiro atoms. The summed E-state index contributed by atoms with van der Waals surface area (Å²) in [6.45, 7) is 3.03. The Morgan fingerprint density at radius 2 is 1.62 bits per heavy atom. The zero-order valence-electron chi connectivity index (χ0n) is 20.2. The van der Waals surface area contributed by atoms with Crippen molar-refractivity contribution in [3.63, 3.8) is 0 Å². The fourth-order valence-corrected chi connectivity index (χ4v) is 4.72. The third kappa shape index (κ3) is 5.07. The van der Waals surface area contributed by atoms with E-state index in [9.17, 15) is 20.2 Å². The third-order valence-electron chi connectivity index (χ3n) is 6.66. The molecule has 0 N–H and O–H groups in total. The largest absolute Gasteiger partial charge is 0.368 e. The quantitative estimate of drug-likeness (QED) is 0.166. The monoisotopic (exact) mass is 491 g/mol. The second kappa shape index (κ2) is 10.4. The van der Waals surface area contributed by atoms with Gasteiger partial charge in [0.05, 0.1) is 4.92 Å². The Morgan fingerprint density at radius 3 is 2.30 bits per heavy atom. The van der Waals surface area contributed by atoms with Crippen molar-refractivity contribution in [1.82, 2.24) is 9.47 Å². The van der Waals surface area contributed by atoms with E-state index in [1.807, 2.05) is 53.2 Å². The minimum atomic E-state index is -0.417. The first-order valence-corrected chi connectivity index (χ1v) is 12.1. The Hall–Kier alpha value is -4.90. The summed E-state index contributed by atoms with van der Waals surface area (Å²) in [5, 5.41) is 21.8. The normalized spacial score (nSPS) is 14.0. The number of piperazine rings is 1. The summed E-state index contributed by atoms with van der Waals surface area (Å²) >= 11 is 0.